The molecule has 0 spiro atoms. The molecule has 25 heavy (non-hydrogen) atoms. The molecule has 0 N–H and O–H groups in total. The highest BCUT2D eigenvalue weighted by Crippen LogP contribution is 2.22. The number of aryl methyl sites for hydroxylation is 1. The highest BCUT2D eigenvalue weighted by Gasteiger charge is 2.25. The van der Waals surface area contributed by atoms with Crippen LogP contribution in [0.5, 0.6) is 0 Å². The predicted molar refractivity (Wildman–Crippen MR) is 95.1 cm³/mol. The van der Waals surface area contributed by atoms with Crippen molar-refractivity contribution in [2.45, 2.75) is 45.1 Å². The zero-order chi connectivity index (χ0) is 17.6. The molecule has 0 unspecified atom stereocenters. The molecule has 0 aromatic carbocycles. The van der Waals surface area contributed by atoms with Crippen molar-refractivity contribution in [1.29, 1.82) is 0 Å². The number of aromatic nitrogens is 3. The lowest BCUT2D eigenvalue weighted by Gasteiger charge is -2.34. The van der Waals surface area contributed by atoms with Gasteiger partial charge < -0.3 is 14.2 Å². The van der Waals surface area contributed by atoms with Crippen molar-refractivity contribution in [2.75, 3.05) is 39.4 Å². The summed E-state index contributed by atoms with van der Waals surface area (Å²) in [6.45, 7) is 7.60. The van der Waals surface area contributed by atoms with Crippen molar-refractivity contribution in [3.8, 4) is 0 Å². The number of piperidine rings is 1. The second-order valence-corrected chi connectivity index (χ2v) is 7.42. The fraction of sp³-hybridized carbons (Fsp3) is 0.833. The summed E-state index contributed by atoms with van der Waals surface area (Å²) in [5.74, 6) is 1.97. The minimum atomic E-state index is 0.317. The Morgan fingerprint density at radius 3 is 2.64 bits per heavy atom. The molecule has 2 fully saturated rings. The first-order valence-electron chi connectivity index (χ1n) is 9.56. The van der Waals surface area contributed by atoms with E-state index in [0.717, 1.165) is 70.9 Å². The standard InChI is InChI=1S/C18H31N5O2/c1-15(22-9-11-25-12-10-22)3-4-18(24)23-7-5-16(6-8-23)13-17-20-19-14-21(17)2/h14-16H,3-13H2,1-2H3/t15-/m1/s1. The van der Waals surface area contributed by atoms with E-state index in [4.69, 9.17) is 4.74 Å². The Kier molecular flexibility index (Phi) is 6.42. The molecule has 2 aliphatic heterocycles. The lowest BCUT2D eigenvalue weighted by atomic mass is 9.93. The average Bonchev–Trinajstić information content (AvgIpc) is 3.05. The monoisotopic (exact) mass is 349 g/mol. The van der Waals surface area contributed by atoms with E-state index in [9.17, 15) is 4.79 Å². The second kappa shape index (κ2) is 8.76. The first kappa shape index (κ1) is 18.3. The number of hydrogen-bond donors (Lipinski definition) is 0. The molecular formula is C18H31N5O2. The van der Waals surface area contributed by atoms with Crippen LogP contribution in [0.2, 0.25) is 0 Å². The van der Waals surface area contributed by atoms with E-state index < -0.39 is 0 Å². The highest BCUT2D eigenvalue weighted by atomic mass is 16.5. The van der Waals surface area contributed by atoms with Crippen molar-refractivity contribution >= 4 is 5.91 Å². The molecular weight excluding hydrogens is 318 g/mol. The number of likely N-dealkylation sites (tertiary alicyclic amines) is 1. The molecule has 0 bridgehead atoms. The molecule has 3 rings (SSSR count). The summed E-state index contributed by atoms with van der Waals surface area (Å²) in [5, 5.41) is 8.12. The van der Waals surface area contributed by atoms with Crippen molar-refractivity contribution in [2.24, 2.45) is 13.0 Å². The molecule has 140 valence electrons. The van der Waals surface area contributed by atoms with Gasteiger partial charge in [0.2, 0.25) is 5.91 Å². The van der Waals surface area contributed by atoms with Crippen LogP contribution in [0.1, 0.15) is 38.4 Å². The first-order valence-corrected chi connectivity index (χ1v) is 9.56. The Morgan fingerprint density at radius 1 is 1.28 bits per heavy atom. The summed E-state index contributed by atoms with van der Waals surface area (Å²) in [5.41, 5.74) is 0. The molecule has 1 aromatic rings. The van der Waals surface area contributed by atoms with Crippen LogP contribution in [-0.4, -0.2) is 75.9 Å². The van der Waals surface area contributed by atoms with Crippen LogP contribution in [0.25, 0.3) is 0 Å². The number of carbonyl (C=O) groups is 1. The molecule has 1 atom stereocenters. The lowest BCUT2D eigenvalue weighted by Crippen LogP contribution is -2.43. The fourth-order valence-corrected chi connectivity index (χ4v) is 3.83. The van der Waals surface area contributed by atoms with Crippen LogP contribution in [0.3, 0.4) is 0 Å². The van der Waals surface area contributed by atoms with Crippen LogP contribution in [0.4, 0.5) is 0 Å². The van der Waals surface area contributed by atoms with Gasteiger partial charge in [0.05, 0.1) is 13.2 Å². The Hall–Kier alpha value is -1.47. The summed E-state index contributed by atoms with van der Waals surface area (Å²) < 4.78 is 7.39. The van der Waals surface area contributed by atoms with E-state index in [1.165, 1.54) is 0 Å². The summed E-state index contributed by atoms with van der Waals surface area (Å²) in [6, 6.07) is 0.460. The minimum Gasteiger partial charge on any atom is -0.379 e. The van der Waals surface area contributed by atoms with E-state index in [0.29, 0.717) is 24.3 Å². The Bertz CT molecular complexity index is 547. The molecule has 3 heterocycles. The third-order valence-electron chi connectivity index (χ3n) is 5.69. The van der Waals surface area contributed by atoms with Crippen LogP contribution >= 0.6 is 0 Å². The van der Waals surface area contributed by atoms with Gasteiger partial charge in [-0.15, -0.1) is 10.2 Å². The number of ether oxygens (including phenoxy) is 1. The van der Waals surface area contributed by atoms with Gasteiger partial charge in [0.1, 0.15) is 12.2 Å². The van der Waals surface area contributed by atoms with Crippen molar-refractivity contribution in [3.63, 3.8) is 0 Å². The average molecular weight is 349 g/mol. The number of nitrogens with zero attached hydrogens (tertiary/aromatic N) is 5. The van der Waals surface area contributed by atoms with E-state index in [1.54, 1.807) is 6.33 Å². The smallest absolute Gasteiger partial charge is 0.222 e. The molecule has 1 amide bonds. The Balaban J connectivity index is 1.37. The Labute approximate surface area is 150 Å². The summed E-state index contributed by atoms with van der Waals surface area (Å²) in [7, 11) is 1.99. The van der Waals surface area contributed by atoms with Gasteiger partial charge in [-0.05, 0) is 32.1 Å². The first-order chi connectivity index (χ1) is 12.1. The van der Waals surface area contributed by atoms with Crippen LogP contribution in [0, 0.1) is 5.92 Å². The highest BCUT2D eigenvalue weighted by molar-refractivity contribution is 5.76. The summed E-state index contributed by atoms with van der Waals surface area (Å²) in [6.07, 6.45) is 6.45. The summed E-state index contributed by atoms with van der Waals surface area (Å²) >= 11 is 0. The maximum atomic E-state index is 12.5. The number of amides is 1. The van der Waals surface area contributed by atoms with Crippen LogP contribution in [0.15, 0.2) is 6.33 Å². The van der Waals surface area contributed by atoms with E-state index in [2.05, 4.69) is 26.9 Å². The molecule has 1 aromatic heterocycles. The third-order valence-corrected chi connectivity index (χ3v) is 5.69. The van der Waals surface area contributed by atoms with Crippen LogP contribution < -0.4 is 0 Å². The molecule has 7 heteroatoms. The number of hydrogen-bond acceptors (Lipinski definition) is 5. The van der Waals surface area contributed by atoms with Gasteiger partial charge in [0, 0.05) is 52.1 Å². The van der Waals surface area contributed by atoms with Gasteiger partial charge in [-0.1, -0.05) is 0 Å². The zero-order valence-electron chi connectivity index (χ0n) is 15.6. The Morgan fingerprint density at radius 2 is 2.00 bits per heavy atom. The second-order valence-electron chi connectivity index (χ2n) is 7.42. The zero-order valence-corrected chi connectivity index (χ0v) is 15.6. The van der Waals surface area contributed by atoms with Crippen molar-refractivity contribution in [3.05, 3.63) is 12.2 Å². The molecule has 2 aliphatic rings. The number of rotatable bonds is 6. The molecule has 0 radical (unpaired) electrons. The normalized spacial score (nSPS) is 21.4. The predicted octanol–water partition coefficient (Wildman–Crippen LogP) is 1.10. The maximum Gasteiger partial charge on any atom is 0.222 e. The van der Waals surface area contributed by atoms with Crippen LogP contribution in [-0.2, 0) is 23.0 Å². The van der Waals surface area contributed by atoms with Gasteiger partial charge in [-0.25, -0.2) is 0 Å². The number of morpholine rings is 1. The van der Waals surface area contributed by atoms with Gasteiger partial charge >= 0.3 is 0 Å². The molecule has 7 nitrogen and oxygen atoms in total. The van der Waals surface area contributed by atoms with Gasteiger partial charge in [-0.3, -0.25) is 9.69 Å². The summed E-state index contributed by atoms with van der Waals surface area (Å²) in [4.78, 5) is 17.0. The molecule has 0 saturated carbocycles. The van der Waals surface area contributed by atoms with Gasteiger partial charge in [-0.2, -0.15) is 0 Å². The molecule has 2 saturated heterocycles. The van der Waals surface area contributed by atoms with Crippen molar-refractivity contribution in [1.82, 2.24) is 24.6 Å². The van der Waals surface area contributed by atoms with E-state index in [-0.39, 0.29) is 0 Å². The van der Waals surface area contributed by atoms with Gasteiger partial charge in [0.15, 0.2) is 0 Å². The minimum absolute atomic E-state index is 0.317. The van der Waals surface area contributed by atoms with Crippen molar-refractivity contribution < 1.29 is 9.53 Å². The van der Waals surface area contributed by atoms with E-state index in [1.807, 2.05) is 11.6 Å². The largest absolute Gasteiger partial charge is 0.379 e. The SMILES string of the molecule is C[C@H](CCC(=O)N1CCC(Cc2nncn2C)CC1)N1CCOCC1. The topological polar surface area (TPSA) is 63.5 Å². The molecule has 0 aliphatic carbocycles. The third kappa shape index (κ3) is 5.01. The lowest BCUT2D eigenvalue weighted by molar-refractivity contribution is -0.133. The maximum absolute atomic E-state index is 12.5. The quantitative estimate of drug-likeness (QED) is 0.769. The van der Waals surface area contributed by atoms with E-state index >= 15 is 0 Å². The number of carbonyl (C=O) groups excluding carboxylic acids is 1. The fourth-order valence-electron chi connectivity index (χ4n) is 3.83. The van der Waals surface area contributed by atoms with Gasteiger partial charge in [0.25, 0.3) is 0 Å².